The first-order chi connectivity index (χ1) is 9.56. The smallest absolute Gasteiger partial charge is 0.242 e. The molecule has 1 fully saturated rings. The minimum absolute atomic E-state index is 0.000133. The number of amides is 2. The Morgan fingerprint density at radius 1 is 1.30 bits per heavy atom. The largest absolute Gasteiger partial charge is 0.467 e. The average Bonchev–Trinajstić information content (AvgIpc) is 2.91. The second-order valence-corrected chi connectivity index (χ2v) is 5.14. The van der Waals surface area contributed by atoms with Gasteiger partial charge in [-0.1, -0.05) is 0 Å². The van der Waals surface area contributed by atoms with E-state index in [1.165, 1.54) is 11.8 Å². The van der Waals surface area contributed by atoms with Crippen LogP contribution >= 0.6 is 0 Å². The van der Waals surface area contributed by atoms with E-state index in [0.717, 1.165) is 26.2 Å². The van der Waals surface area contributed by atoms with Crippen molar-refractivity contribution in [2.45, 2.75) is 13.5 Å². The lowest BCUT2D eigenvalue weighted by Crippen LogP contribution is -2.50. The number of rotatable bonds is 4. The van der Waals surface area contributed by atoms with Crippen molar-refractivity contribution in [3.05, 3.63) is 24.2 Å². The Balaban J connectivity index is 1.90. The van der Waals surface area contributed by atoms with Crippen LogP contribution in [0.5, 0.6) is 0 Å². The Morgan fingerprint density at radius 3 is 2.55 bits per heavy atom. The molecule has 0 unspecified atom stereocenters. The molecule has 20 heavy (non-hydrogen) atoms. The summed E-state index contributed by atoms with van der Waals surface area (Å²) in [4.78, 5) is 29.4. The summed E-state index contributed by atoms with van der Waals surface area (Å²) in [6.07, 6.45) is 1.57. The topological polar surface area (TPSA) is 57.0 Å². The maximum Gasteiger partial charge on any atom is 0.242 e. The van der Waals surface area contributed by atoms with Gasteiger partial charge in [-0.2, -0.15) is 0 Å². The van der Waals surface area contributed by atoms with Crippen molar-refractivity contribution < 1.29 is 14.0 Å². The highest BCUT2D eigenvalue weighted by Crippen LogP contribution is 2.07. The molecule has 0 bridgehead atoms. The molecule has 2 amide bonds. The molecule has 0 saturated carbocycles. The van der Waals surface area contributed by atoms with Crippen molar-refractivity contribution in [1.29, 1.82) is 0 Å². The summed E-state index contributed by atoms with van der Waals surface area (Å²) in [5.74, 6) is 0.565. The number of carbonyl (C=O) groups excluding carboxylic acids is 2. The zero-order valence-corrected chi connectivity index (χ0v) is 12.0. The zero-order valence-electron chi connectivity index (χ0n) is 12.0. The summed E-state index contributed by atoms with van der Waals surface area (Å²) in [5.41, 5.74) is 0. The molecule has 0 radical (unpaired) electrons. The Hall–Kier alpha value is -1.82. The SMILES string of the molecule is CC(=O)N(CC(=O)N1CCN(C)CC1)Cc1ccco1. The Bertz CT molecular complexity index is 450. The third kappa shape index (κ3) is 3.84. The van der Waals surface area contributed by atoms with Gasteiger partial charge in [0.2, 0.25) is 11.8 Å². The lowest BCUT2D eigenvalue weighted by molar-refractivity contribution is -0.141. The predicted molar refractivity (Wildman–Crippen MR) is 73.9 cm³/mol. The summed E-state index contributed by atoms with van der Waals surface area (Å²) in [6, 6.07) is 3.58. The van der Waals surface area contributed by atoms with Gasteiger partial charge in [-0.05, 0) is 19.2 Å². The molecule has 2 rings (SSSR count). The molecule has 0 atom stereocenters. The Labute approximate surface area is 118 Å². The summed E-state index contributed by atoms with van der Waals surface area (Å²) in [6.45, 7) is 5.12. The van der Waals surface area contributed by atoms with E-state index in [9.17, 15) is 9.59 Å². The van der Waals surface area contributed by atoms with Crippen molar-refractivity contribution in [1.82, 2.24) is 14.7 Å². The number of hydrogen-bond donors (Lipinski definition) is 0. The van der Waals surface area contributed by atoms with Gasteiger partial charge in [0.1, 0.15) is 12.3 Å². The van der Waals surface area contributed by atoms with Crippen LogP contribution in [-0.2, 0) is 16.1 Å². The van der Waals surface area contributed by atoms with Crippen molar-refractivity contribution in [2.75, 3.05) is 39.8 Å². The highest BCUT2D eigenvalue weighted by atomic mass is 16.3. The summed E-state index contributed by atoms with van der Waals surface area (Å²) >= 11 is 0. The van der Waals surface area contributed by atoms with E-state index in [0.29, 0.717) is 12.3 Å². The minimum Gasteiger partial charge on any atom is -0.467 e. The Kier molecular flexibility index (Phi) is 4.79. The number of furan rings is 1. The maximum atomic E-state index is 12.2. The third-order valence-electron chi connectivity index (χ3n) is 3.55. The lowest BCUT2D eigenvalue weighted by atomic mass is 10.3. The number of likely N-dealkylation sites (N-methyl/N-ethyl adjacent to an activating group) is 1. The zero-order chi connectivity index (χ0) is 14.5. The molecule has 1 saturated heterocycles. The lowest BCUT2D eigenvalue weighted by Gasteiger charge is -2.33. The molecule has 6 nitrogen and oxygen atoms in total. The van der Waals surface area contributed by atoms with Crippen LogP contribution < -0.4 is 0 Å². The fraction of sp³-hybridized carbons (Fsp3) is 0.571. The predicted octanol–water partition coefficient (Wildman–Crippen LogP) is 0.402. The number of piperazine rings is 1. The van der Waals surface area contributed by atoms with Crippen LogP contribution in [0.1, 0.15) is 12.7 Å². The van der Waals surface area contributed by atoms with Crippen LogP contribution in [0.3, 0.4) is 0 Å². The van der Waals surface area contributed by atoms with Gasteiger partial charge in [-0.25, -0.2) is 0 Å². The van der Waals surface area contributed by atoms with E-state index in [1.807, 2.05) is 11.9 Å². The van der Waals surface area contributed by atoms with Crippen molar-refractivity contribution in [3.8, 4) is 0 Å². The first-order valence-corrected chi connectivity index (χ1v) is 6.80. The van der Waals surface area contributed by atoms with Crippen LogP contribution in [0.2, 0.25) is 0 Å². The average molecular weight is 279 g/mol. The molecular weight excluding hydrogens is 258 g/mol. The molecule has 0 aliphatic carbocycles. The quantitative estimate of drug-likeness (QED) is 0.800. The van der Waals surface area contributed by atoms with E-state index in [-0.39, 0.29) is 18.4 Å². The first-order valence-electron chi connectivity index (χ1n) is 6.80. The molecule has 2 heterocycles. The van der Waals surface area contributed by atoms with E-state index in [4.69, 9.17) is 4.42 Å². The maximum absolute atomic E-state index is 12.2. The monoisotopic (exact) mass is 279 g/mol. The van der Waals surface area contributed by atoms with Crippen LogP contribution in [0.4, 0.5) is 0 Å². The molecule has 110 valence electrons. The van der Waals surface area contributed by atoms with Gasteiger partial charge in [0.25, 0.3) is 0 Å². The van der Waals surface area contributed by atoms with Crippen LogP contribution in [0.25, 0.3) is 0 Å². The van der Waals surface area contributed by atoms with Gasteiger partial charge < -0.3 is 19.1 Å². The molecular formula is C14H21N3O3. The van der Waals surface area contributed by atoms with E-state index in [2.05, 4.69) is 4.90 Å². The Morgan fingerprint density at radius 2 is 2.00 bits per heavy atom. The first kappa shape index (κ1) is 14.6. The van der Waals surface area contributed by atoms with Gasteiger partial charge in [0.15, 0.2) is 0 Å². The molecule has 6 heteroatoms. The number of hydrogen-bond acceptors (Lipinski definition) is 4. The summed E-state index contributed by atoms with van der Waals surface area (Å²) < 4.78 is 5.23. The van der Waals surface area contributed by atoms with Gasteiger partial charge in [0.05, 0.1) is 12.8 Å². The normalized spacial score (nSPS) is 16.2. The number of carbonyl (C=O) groups is 2. The van der Waals surface area contributed by atoms with Crippen LogP contribution in [0.15, 0.2) is 22.8 Å². The van der Waals surface area contributed by atoms with Gasteiger partial charge in [-0.3, -0.25) is 9.59 Å². The van der Waals surface area contributed by atoms with E-state index in [1.54, 1.807) is 18.4 Å². The van der Waals surface area contributed by atoms with Gasteiger partial charge >= 0.3 is 0 Å². The van der Waals surface area contributed by atoms with Crippen LogP contribution in [0, 0.1) is 0 Å². The third-order valence-corrected chi connectivity index (χ3v) is 3.55. The molecule has 1 aromatic rings. The van der Waals surface area contributed by atoms with Crippen molar-refractivity contribution in [3.63, 3.8) is 0 Å². The van der Waals surface area contributed by atoms with Crippen molar-refractivity contribution >= 4 is 11.8 Å². The fourth-order valence-corrected chi connectivity index (χ4v) is 2.19. The fourth-order valence-electron chi connectivity index (χ4n) is 2.19. The van der Waals surface area contributed by atoms with Crippen molar-refractivity contribution in [2.24, 2.45) is 0 Å². The summed E-state index contributed by atoms with van der Waals surface area (Å²) in [5, 5.41) is 0. The number of nitrogens with zero attached hydrogens (tertiary/aromatic N) is 3. The van der Waals surface area contributed by atoms with E-state index >= 15 is 0 Å². The molecule has 1 aliphatic heterocycles. The standard InChI is InChI=1S/C14H21N3O3/c1-12(18)17(10-13-4-3-9-20-13)11-14(19)16-7-5-15(2)6-8-16/h3-4,9H,5-8,10-11H2,1-2H3. The second-order valence-electron chi connectivity index (χ2n) is 5.14. The van der Waals surface area contributed by atoms with Crippen LogP contribution in [-0.4, -0.2) is 66.3 Å². The highest BCUT2D eigenvalue weighted by molar-refractivity contribution is 5.83. The molecule has 0 N–H and O–H groups in total. The molecule has 1 aromatic heterocycles. The van der Waals surface area contributed by atoms with E-state index < -0.39 is 0 Å². The second kappa shape index (κ2) is 6.56. The highest BCUT2D eigenvalue weighted by Gasteiger charge is 2.22. The minimum atomic E-state index is -0.121. The van der Waals surface area contributed by atoms with Gasteiger partial charge in [-0.15, -0.1) is 0 Å². The molecule has 0 aromatic carbocycles. The molecule has 0 spiro atoms. The molecule has 1 aliphatic rings. The van der Waals surface area contributed by atoms with Gasteiger partial charge in [0, 0.05) is 33.1 Å². The summed E-state index contributed by atoms with van der Waals surface area (Å²) in [7, 11) is 2.04.